The summed E-state index contributed by atoms with van der Waals surface area (Å²) in [6, 6.07) is 12.5. The van der Waals surface area contributed by atoms with Gasteiger partial charge in [0.1, 0.15) is 0 Å². The molecule has 18 heavy (non-hydrogen) atoms. The summed E-state index contributed by atoms with van der Waals surface area (Å²) in [4.78, 5) is 0. The van der Waals surface area contributed by atoms with Gasteiger partial charge < -0.3 is 11.1 Å². The van der Waals surface area contributed by atoms with E-state index in [2.05, 4.69) is 56.4 Å². The number of hydrogen-bond acceptors (Lipinski definition) is 2. The highest BCUT2D eigenvalue weighted by Gasteiger charge is 2.08. The monoisotopic (exact) mass is 240 g/mol. The normalized spacial score (nSPS) is 10.4. The number of hydrogen-bond donors (Lipinski definition) is 2. The quantitative estimate of drug-likeness (QED) is 0.801. The third kappa shape index (κ3) is 2.48. The van der Waals surface area contributed by atoms with Crippen LogP contribution in [0.3, 0.4) is 0 Å². The minimum absolute atomic E-state index is 0.824. The minimum atomic E-state index is 0.824. The van der Waals surface area contributed by atoms with Crippen LogP contribution in [0.5, 0.6) is 0 Å². The standard InChI is InChI=1S/C16H20N2/c1-11-9-12(2)16(13(3)15(11)17)18-10-14-7-5-4-6-8-14/h4-9,18H,10,17H2,1-3H3. The average molecular weight is 240 g/mol. The Morgan fingerprint density at radius 3 is 2.33 bits per heavy atom. The molecule has 0 aliphatic rings. The van der Waals surface area contributed by atoms with E-state index in [1.54, 1.807) is 0 Å². The second-order valence-electron chi connectivity index (χ2n) is 4.76. The third-order valence-corrected chi connectivity index (χ3v) is 3.34. The molecule has 2 aromatic rings. The topological polar surface area (TPSA) is 38.0 Å². The molecule has 0 amide bonds. The fourth-order valence-corrected chi connectivity index (χ4v) is 2.26. The molecule has 0 spiro atoms. The molecule has 2 nitrogen and oxygen atoms in total. The molecule has 0 unspecified atom stereocenters. The van der Waals surface area contributed by atoms with Gasteiger partial charge in [-0.3, -0.25) is 0 Å². The van der Waals surface area contributed by atoms with Crippen molar-refractivity contribution in [2.75, 3.05) is 11.1 Å². The number of anilines is 2. The molecule has 0 heterocycles. The van der Waals surface area contributed by atoms with E-state index in [0.29, 0.717) is 0 Å². The highest BCUT2D eigenvalue weighted by molar-refractivity contribution is 5.69. The summed E-state index contributed by atoms with van der Waals surface area (Å²) in [5.74, 6) is 0. The fourth-order valence-electron chi connectivity index (χ4n) is 2.26. The van der Waals surface area contributed by atoms with Crippen molar-refractivity contribution in [1.82, 2.24) is 0 Å². The maximum Gasteiger partial charge on any atom is 0.0423 e. The summed E-state index contributed by atoms with van der Waals surface area (Å²) >= 11 is 0. The minimum Gasteiger partial charge on any atom is -0.398 e. The summed E-state index contributed by atoms with van der Waals surface area (Å²) in [7, 11) is 0. The predicted molar refractivity (Wildman–Crippen MR) is 78.8 cm³/mol. The Labute approximate surface area is 109 Å². The van der Waals surface area contributed by atoms with Crippen molar-refractivity contribution in [3.05, 3.63) is 58.7 Å². The molecule has 0 aliphatic heterocycles. The lowest BCUT2D eigenvalue weighted by Crippen LogP contribution is -2.06. The SMILES string of the molecule is Cc1cc(C)c(NCc2ccccc2)c(C)c1N. The van der Waals surface area contributed by atoms with Crippen molar-refractivity contribution in [2.24, 2.45) is 0 Å². The van der Waals surface area contributed by atoms with Crippen LogP contribution in [0.25, 0.3) is 0 Å². The molecule has 2 heteroatoms. The Bertz CT molecular complexity index is 545. The first-order valence-electron chi connectivity index (χ1n) is 6.23. The Balaban J connectivity index is 2.22. The number of nitrogen functional groups attached to an aromatic ring is 1. The van der Waals surface area contributed by atoms with E-state index in [4.69, 9.17) is 5.73 Å². The third-order valence-electron chi connectivity index (χ3n) is 3.34. The zero-order chi connectivity index (χ0) is 13.1. The first-order valence-corrected chi connectivity index (χ1v) is 6.23. The van der Waals surface area contributed by atoms with Crippen LogP contribution in [0.1, 0.15) is 22.3 Å². The molecular formula is C16H20N2. The van der Waals surface area contributed by atoms with Gasteiger partial charge in [-0.2, -0.15) is 0 Å². The molecule has 2 aromatic carbocycles. The van der Waals surface area contributed by atoms with Crippen LogP contribution < -0.4 is 11.1 Å². The van der Waals surface area contributed by atoms with Crippen molar-refractivity contribution >= 4 is 11.4 Å². The number of benzene rings is 2. The Hall–Kier alpha value is -1.96. The van der Waals surface area contributed by atoms with Gasteiger partial charge in [0.15, 0.2) is 0 Å². The number of nitrogens with two attached hydrogens (primary N) is 1. The summed E-state index contributed by atoms with van der Waals surface area (Å²) < 4.78 is 0. The van der Waals surface area contributed by atoms with Crippen molar-refractivity contribution in [3.63, 3.8) is 0 Å². The Morgan fingerprint density at radius 1 is 1.00 bits per heavy atom. The lowest BCUT2D eigenvalue weighted by molar-refractivity contribution is 1.13. The van der Waals surface area contributed by atoms with Gasteiger partial charge in [0.05, 0.1) is 0 Å². The van der Waals surface area contributed by atoms with Crippen LogP contribution in [0, 0.1) is 20.8 Å². The molecule has 0 saturated heterocycles. The van der Waals surface area contributed by atoms with Crippen molar-refractivity contribution in [1.29, 1.82) is 0 Å². The zero-order valence-electron chi connectivity index (χ0n) is 11.2. The highest BCUT2D eigenvalue weighted by Crippen LogP contribution is 2.28. The van der Waals surface area contributed by atoms with Crippen LogP contribution in [-0.4, -0.2) is 0 Å². The zero-order valence-corrected chi connectivity index (χ0v) is 11.2. The fraction of sp³-hybridized carbons (Fsp3) is 0.250. The first kappa shape index (κ1) is 12.5. The molecule has 2 rings (SSSR count). The van der Waals surface area contributed by atoms with Crippen molar-refractivity contribution in [3.8, 4) is 0 Å². The van der Waals surface area contributed by atoms with Gasteiger partial charge in [0.25, 0.3) is 0 Å². The summed E-state index contributed by atoms with van der Waals surface area (Å²) in [6.07, 6.45) is 0. The van der Waals surface area contributed by atoms with E-state index in [9.17, 15) is 0 Å². The summed E-state index contributed by atoms with van der Waals surface area (Å²) in [6.45, 7) is 7.07. The van der Waals surface area contributed by atoms with Crippen LogP contribution >= 0.6 is 0 Å². The molecule has 0 radical (unpaired) electrons. The second kappa shape index (κ2) is 5.13. The van der Waals surface area contributed by atoms with Crippen LogP contribution in [0.15, 0.2) is 36.4 Å². The van der Waals surface area contributed by atoms with E-state index < -0.39 is 0 Å². The average Bonchev–Trinajstić information content (AvgIpc) is 2.37. The van der Waals surface area contributed by atoms with Gasteiger partial charge >= 0.3 is 0 Å². The molecule has 94 valence electrons. The molecule has 0 fully saturated rings. The molecule has 0 saturated carbocycles. The molecule has 3 N–H and O–H groups in total. The van der Waals surface area contributed by atoms with Gasteiger partial charge in [-0.1, -0.05) is 36.4 Å². The van der Waals surface area contributed by atoms with Gasteiger partial charge in [-0.25, -0.2) is 0 Å². The van der Waals surface area contributed by atoms with E-state index >= 15 is 0 Å². The lowest BCUT2D eigenvalue weighted by atomic mass is 10.0. The smallest absolute Gasteiger partial charge is 0.0423 e. The van der Waals surface area contributed by atoms with E-state index in [0.717, 1.165) is 29.0 Å². The largest absolute Gasteiger partial charge is 0.398 e. The Morgan fingerprint density at radius 2 is 1.67 bits per heavy atom. The number of aryl methyl sites for hydroxylation is 2. The van der Waals surface area contributed by atoms with Gasteiger partial charge in [0.2, 0.25) is 0 Å². The maximum atomic E-state index is 6.08. The highest BCUT2D eigenvalue weighted by atomic mass is 14.9. The van der Waals surface area contributed by atoms with E-state index in [1.165, 1.54) is 11.1 Å². The molecule has 0 bridgehead atoms. The summed E-state index contributed by atoms with van der Waals surface area (Å²) in [5, 5.41) is 3.49. The molecule has 0 aromatic heterocycles. The maximum absolute atomic E-state index is 6.08. The van der Waals surface area contributed by atoms with Crippen molar-refractivity contribution < 1.29 is 0 Å². The van der Waals surface area contributed by atoms with E-state index in [-0.39, 0.29) is 0 Å². The van der Waals surface area contributed by atoms with Crippen LogP contribution in [0.2, 0.25) is 0 Å². The van der Waals surface area contributed by atoms with Gasteiger partial charge in [-0.15, -0.1) is 0 Å². The van der Waals surface area contributed by atoms with Crippen molar-refractivity contribution in [2.45, 2.75) is 27.3 Å². The summed E-state index contributed by atoms with van der Waals surface area (Å²) in [5.41, 5.74) is 12.9. The van der Waals surface area contributed by atoms with Gasteiger partial charge in [-0.05, 0) is 43.0 Å². The molecular weight excluding hydrogens is 220 g/mol. The lowest BCUT2D eigenvalue weighted by Gasteiger charge is -2.16. The second-order valence-corrected chi connectivity index (χ2v) is 4.76. The number of rotatable bonds is 3. The van der Waals surface area contributed by atoms with Crippen LogP contribution in [-0.2, 0) is 6.54 Å². The first-order chi connectivity index (χ1) is 8.59. The van der Waals surface area contributed by atoms with E-state index in [1.807, 2.05) is 6.07 Å². The Kier molecular flexibility index (Phi) is 3.56. The number of nitrogens with one attached hydrogen (secondary N) is 1. The molecule has 0 aliphatic carbocycles. The van der Waals surface area contributed by atoms with Crippen LogP contribution in [0.4, 0.5) is 11.4 Å². The van der Waals surface area contributed by atoms with Gasteiger partial charge in [0, 0.05) is 17.9 Å². The predicted octanol–water partition coefficient (Wildman–Crippen LogP) is 3.81. The molecule has 0 atom stereocenters.